The lowest BCUT2D eigenvalue weighted by Gasteiger charge is -2.26. The normalized spacial score (nSPS) is 12.3. The zero-order valence-corrected chi connectivity index (χ0v) is 21.9. The van der Waals surface area contributed by atoms with E-state index in [0.29, 0.717) is 31.2 Å². The Balaban J connectivity index is 1.34. The van der Waals surface area contributed by atoms with Crippen molar-refractivity contribution in [2.75, 3.05) is 40.0 Å². The summed E-state index contributed by atoms with van der Waals surface area (Å²) in [5.74, 6) is 2.19. The first kappa shape index (κ1) is 26.8. The second-order valence-corrected chi connectivity index (χ2v) is 9.23. The molecule has 0 fully saturated rings. The first-order valence-electron chi connectivity index (χ1n) is 13.2. The van der Waals surface area contributed by atoms with Crippen LogP contribution in [0.3, 0.4) is 0 Å². The van der Waals surface area contributed by atoms with Gasteiger partial charge in [0.2, 0.25) is 0 Å². The summed E-state index contributed by atoms with van der Waals surface area (Å²) in [7, 11) is 1.64. The van der Waals surface area contributed by atoms with E-state index in [1.807, 2.05) is 59.6 Å². The highest BCUT2D eigenvalue weighted by Crippen LogP contribution is 2.33. The van der Waals surface area contributed by atoms with E-state index < -0.39 is 6.10 Å². The fraction of sp³-hybridized carbons (Fsp3) is 0.400. The van der Waals surface area contributed by atoms with Gasteiger partial charge in [0.25, 0.3) is 0 Å². The molecule has 3 aromatic carbocycles. The molecule has 0 saturated heterocycles. The Hall–Kier alpha value is -3.26. The van der Waals surface area contributed by atoms with Crippen molar-refractivity contribution in [3.63, 3.8) is 0 Å². The monoisotopic (exact) mass is 505 g/mol. The van der Waals surface area contributed by atoms with Crippen LogP contribution in [0.5, 0.6) is 17.2 Å². The van der Waals surface area contributed by atoms with Gasteiger partial charge in [-0.05, 0) is 36.8 Å². The van der Waals surface area contributed by atoms with Gasteiger partial charge in [-0.2, -0.15) is 0 Å². The lowest BCUT2D eigenvalue weighted by Crippen LogP contribution is -2.46. The molecule has 7 heteroatoms. The molecular weight excluding hydrogens is 466 g/mol. The minimum absolute atomic E-state index is 0.194. The summed E-state index contributed by atoms with van der Waals surface area (Å²) in [6.45, 7) is 4.76. The van der Waals surface area contributed by atoms with Gasteiger partial charge in [0.05, 0.1) is 12.6 Å². The average molecular weight is 506 g/mol. The fourth-order valence-corrected chi connectivity index (χ4v) is 4.51. The molecule has 198 valence electrons. The van der Waals surface area contributed by atoms with E-state index in [1.54, 1.807) is 7.11 Å². The van der Waals surface area contributed by atoms with Gasteiger partial charge in [-0.25, -0.2) is 5.01 Å². The number of aromatic amines is 1. The van der Waals surface area contributed by atoms with Crippen LogP contribution in [-0.2, 0) is 0 Å². The van der Waals surface area contributed by atoms with Crippen LogP contribution in [0.25, 0.3) is 21.8 Å². The third-order valence-electron chi connectivity index (χ3n) is 6.41. The summed E-state index contributed by atoms with van der Waals surface area (Å²) in [6.07, 6.45) is 4.04. The van der Waals surface area contributed by atoms with Crippen molar-refractivity contribution in [2.45, 2.75) is 38.7 Å². The number of aliphatic hydroxyl groups excluding tert-OH is 1. The number of nitrogens with one attached hydrogen (secondary N) is 2. The van der Waals surface area contributed by atoms with Crippen molar-refractivity contribution in [1.82, 2.24) is 15.4 Å². The van der Waals surface area contributed by atoms with Crippen molar-refractivity contribution >= 4 is 21.8 Å². The molecule has 0 bridgehead atoms. The quantitative estimate of drug-likeness (QED) is 0.137. The molecule has 37 heavy (non-hydrogen) atoms. The number of hydrogen-bond acceptors (Lipinski definition) is 6. The summed E-state index contributed by atoms with van der Waals surface area (Å²) in [6, 6.07) is 21.8. The molecule has 0 aliphatic heterocycles. The number of unbranched alkanes of at least 4 members (excludes halogenated alkanes) is 3. The van der Waals surface area contributed by atoms with Crippen molar-refractivity contribution in [1.29, 1.82) is 0 Å². The number of fused-ring (bicyclic) bond motifs is 3. The van der Waals surface area contributed by atoms with Gasteiger partial charge >= 0.3 is 0 Å². The van der Waals surface area contributed by atoms with E-state index in [-0.39, 0.29) is 6.61 Å². The van der Waals surface area contributed by atoms with Gasteiger partial charge in [0.1, 0.15) is 25.1 Å². The Morgan fingerprint density at radius 3 is 2.46 bits per heavy atom. The molecule has 4 rings (SSSR count). The van der Waals surface area contributed by atoms with Gasteiger partial charge in [-0.15, -0.1) is 0 Å². The van der Waals surface area contributed by atoms with Crippen LogP contribution in [0.15, 0.2) is 66.7 Å². The number of benzene rings is 3. The van der Waals surface area contributed by atoms with Crippen LogP contribution in [0, 0.1) is 0 Å². The zero-order valence-electron chi connectivity index (χ0n) is 21.9. The summed E-state index contributed by atoms with van der Waals surface area (Å²) < 4.78 is 17.5. The second kappa shape index (κ2) is 13.9. The lowest BCUT2D eigenvalue weighted by atomic mass is 10.1. The molecule has 3 N–H and O–H groups in total. The van der Waals surface area contributed by atoms with Crippen LogP contribution in [0.2, 0.25) is 0 Å². The Morgan fingerprint density at radius 2 is 1.62 bits per heavy atom. The molecule has 0 radical (unpaired) electrons. The zero-order chi connectivity index (χ0) is 25.9. The van der Waals surface area contributed by atoms with Gasteiger partial charge in [0.15, 0.2) is 11.5 Å². The maximum Gasteiger partial charge on any atom is 0.161 e. The Kier molecular flexibility index (Phi) is 10.1. The van der Waals surface area contributed by atoms with E-state index in [2.05, 4.69) is 29.5 Å². The van der Waals surface area contributed by atoms with Crippen molar-refractivity contribution in [2.24, 2.45) is 0 Å². The predicted molar refractivity (Wildman–Crippen MR) is 150 cm³/mol. The molecule has 1 atom stereocenters. The number of methoxy groups -OCH3 is 1. The largest absolute Gasteiger partial charge is 0.493 e. The summed E-state index contributed by atoms with van der Waals surface area (Å²) in [4.78, 5) is 3.44. The third kappa shape index (κ3) is 7.38. The molecular formula is C30H39N3O4. The van der Waals surface area contributed by atoms with E-state index in [4.69, 9.17) is 14.2 Å². The summed E-state index contributed by atoms with van der Waals surface area (Å²) >= 11 is 0. The number of H-pyrrole nitrogens is 1. The van der Waals surface area contributed by atoms with Gasteiger partial charge < -0.3 is 24.3 Å². The minimum Gasteiger partial charge on any atom is -0.493 e. The van der Waals surface area contributed by atoms with Crippen LogP contribution >= 0.6 is 0 Å². The molecule has 0 amide bonds. The molecule has 0 aliphatic carbocycles. The standard InChI is InChI=1S/C30H39N3O4/c1-3-4-5-10-18-31-33(19-20-36-28-16-9-8-15-27(28)35-2)21-23(34)22-37-29-17-11-14-26-30(29)24-12-6-7-13-25(24)32-26/h6-9,11-17,23,31-32,34H,3-5,10,18-22H2,1-2H3. The number of ether oxygens (including phenoxy) is 3. The van der Waals surface area contributed by atoms with E-state index >= 15 is 0 Å². The van der Waals surface area contributed by atoms with E-state index in [1.165, 1.54) is 19.3 Å². The average Bonchev–Trinajstić information content (AvgIpc) is 3.31. The molecule has 1 unspecified atom stereocenters. The van der Waals surface area contributed by atoms with Crippen LogP contribution in [0.4, 0.5) is 0 Å². The van der Waals surface area contributed by atoms with Gasteiger partial charge in [-0.1, -0.05) is 62.6 Å². The minimum atomic E-state index is -0.671. The van der Waals surface area contributed by atoms with Crippen molar-refractivity contribution in [3.8, 4) is 17.2 Å². The van der Waals surface area contributed by atoms with Crippen LogP contribution in [0.1, 0.15) is 32.6 Å². The smallest absolute Gasteiger partial charge is 0.161 e. The number of nitrogens with zero attached hydrogens (tertiary/aromatic N) is 1. The van der Waals surface area contributed by atoms with Crippen molar-refractivity contribution < 1.29 is 19.3 Å². The molecule has 0 spiro atoms. The number of aromatic nitrogens is 1. The maximum absolute atomic E-state index is 10.9. The number of rotatable bonds is 16. The highest BCUT2D eigenvalue weighted by atomic mass is 16.5. The number of para-hydroxylation sites is 3. The fourth-order valence-electron chi connectivity index (χ4n) is 4.51. The second-order valence-electron chi connectivity index (χ2n) is 9.23. The highest BCUT2D eigenvalue weighted by Gasteiger charge is 2.15. The van der Waals surface area contributed by atoms with Gasteiger partial charge in [0, 0.05) is 35.9 Å². The Labute approximate surface area is 219 Å². The number of hydrogen-bond donors (Lipinski definition) is 3. The molecule has 1 aromatic heterocycles. The summed E-state index contributed by atoms with van der Waals surface area (Å²) in [5, 5.41) is 15.1. The molecule has 0 saturated carbocycles. The molecule has 1 heterocycles. The van der Waals surface area contributed by atoms with Crippen LogP contribution in [-0.4, -0.2) is 61.2 Å². The van der Waals surface area contributed by atoms with Crippen LogP contribution < -0.4 is 19.6 Å². The topological polar surface area (TPSA) is 79.0 Å². The lowest BCUT2D eigenvalue weighted by molar-refractivity contribution is 0.0419. The number of hydrazine groups is 1. The van der Waals surface area contributed by atoms with E-state index in [0.717, 1.165) is 40.5 Å². The predicted octanol–water partition coefficient (Wildman–Crippen LogP) is 5.54. The van der Waals surface area contributed by atoms with Crippen molar-refractivity contribution in [3.05, 3.63) is 66.7 Å². The molecule has 4 aromatic rings. The van der Waals surface area contributed by atoms with Gasteiger partial charge in [-0.3, -0.25) is 5.43 Å². The molecule has 7 nitrogen and oxygen atoms in total. The Bertz CT molecular complexity index is 1240. The summed E-state index contributed by atoms with van der Waals surface area (Å²) in [5.41, 5.74) is 5.57. The van der Waals surface area contributed by atoms with E-state index in [9.17, 15) is 5.11 Å². The highest BCUT2D eigenvalue weighted by molar-refractivity contribution is 6.10. The molecule has 0 aliphatic rings. The SMILES string of the molecule is CCCCCCNN(CCOc1ccccc1OC)CC(O)COc1cccc2[nH]c3ccccc3c12. The Morgan fingerprint density at radius 1 is 0.865 bits per heavy atom. The first-order chi connectivity index (χ1) is 18.2. The maximum atomic E-state index is 10.9. The first-order valence-corrected chi connectivity index (χ1v) is 13.2. The number of aliphatic hydroxyl groups is 1. The third-order valence-corrected chi connectivity index (χ3v) is 6.41.